The minimum atomic E-state index is -2.28. The molecule has 0 aliphatic carbocycles. The van der Waals surface area contributed by atoms with Gasteiger partial charge in [-0.25, -0.2) is 0 Å². The summed E-state index contributed by atoms with van der Waals surface area (Å²) < 4.78 is 2.32. The number of nitrogens with zero attached hydrogens (tertiary/aromatic N) is 5. The van der Waals surface area contributed by atoms with E-state index in [1.165, 1.54) is 21.4 Å². The summed E-state index contributed by atoms with van der Waals surface area (Å²) >= 11 is 3.69. The van der Waals surface area contributed by atoms with E-state index < -0.39 is 5.51 Å². The second-order valence-electron chi connectivity index (χ2n) is 9.56. The Balaban J connectivity index is 1.53. The van der Waals surface area contributed by atoms with Crippen LogP contribution in [0.4, 0.5) is 0 Å². The van der Waals surface area contributed by atoms with Crippen LogP contribution in [-0.2, 0) is 0 Å². The van der Waals surface area contributed by atoms with Crippen molar-refractivity contribution < 1.29 is 0 Å². The third-order valence-corrected chi connectivity index (χ3v) is 14.4. The summed E-state index contributed by atoms with van der Waals surface area (Å²) in [5.74, 6) is 0. The molecule has 0 spiro atoms. The number of para-hydroxylation sites is 2. The van der Waals surface area contributed by atoms with E-state index in [9.17, 15) is 0 Å². The molecule has 0 fully saturated rings. The van der Waals surface area contributed by atoms with Crippen LogP contribution in [0.15, 0.2) is 122 Å². The first-order valence-electron chi connectivity index (χ1n) is 12.7. The fraction of sp³-hybridized carbons (Fsp3) is 0. The first kappa shape index (κ1) is 22.7. The predicted molar refractivity (Wildman–Crippen MR) is 163 cm³/mol. The van der Waals surface area contributed by atoms with Crippen LogP contribution in [0.3, 0.4) is 0 Å². The van der Waals surface area contributed by atoms with Crippen LogP contribution in [0.25, 0.3) is 49.3 Å². The van der Waals surface area contributed by atoms with Crippen LogP contribution in [-0.4, -0.2) is 39.4 Å². The number of benzene rings is 4. The minimum absolute atomic E-state index is 0.921. The molecule has 5 nitrogen and oxygen atoms in total. The molecule has 0 N–H and O–H groups in total. The topological polar surface area (TPSA) is 56.0 Å². The van der Waals surface area contributed by atoms with E-state index in [-0.39, 0.29) is 0 Å². The Hall–Kier alpha value is -4.21. The van der Waals surface area contributed by atoms with Crippen LogP contribution in [0.5, 0.6) is 0 Å². The van der Waals surface area contributed by atoms with Gasteiger partial charge in [-0.05, 0) is 0 Å². The molecule has 0 aliphatic rings. The number of hydrogen-bond acceptors (Lipinski definition) is 4. The molecule has 7 heteroatoms. The first-order valence-corrected chi connectivity index (χ1v) is 16.7. The Kier molecular flexibility index (Phi) is 5.05. The van der Waals surface area contributed by atoms with Crippen molar-refractivity contribution in [2.45, 2.75) is 0 Å². The number of fused-ring (bicyclic) bond motifs is 9. The molecule has 8 aromatic rings. The molecule has 0 saturated carbocycles. The van der Waals surface area contributed by atoms with Crippen molar-refractivity contribution in [3.63, 3.8) is 0 Å². The van der Waals surface area contributed by atoms with Crippen LogP contribution in [0.2, 0.25) is 0 Å². The van der Waals surface area contributed by atoms with E-state index >= 15 is 0 Å². The van der Waals surface area contributed by atoms with E-state index in [0.29, 0.717) is 0 Å². The molecule has 4 aromatic carbocycles. The third kappa shape index (κ3) is 3.30. The number of pyridine rings is 2. The van der Waals surface area contributed by atoms with Gasteiger partial charge in [0.1, 0.15) is 0 Å². The number of aromatic nitrogens is 5. The third-order valence-electron chi connectivity index (χ3n) is 7.47. The van der Waals surface area contributed by atoms with Crippen molar-refractivity contribution in [1.29, 1.82) is 0 Å². The fourth-order valence-electron chi connectivity index (χ4n) is 5.70. The number of hydrogen-bond donors (Lipinski definition) is 0. The summed E-state index contributed by atoms with van der Waals surface area (Å²) in [5.41, 5.74) is 2.86. The van der Waals surface area contributed by atoms with Gasteiger partial charge in [-0.2, -0.15) is 0 Å². The van der Waals surface area contributed by atoms with Crippen molar-refractivity contribution in [2.75, 3.05) is 0 Å². The summed E-state index contributed by atoms with van der Waals surface area (Å²) in [4.78, 5) is 18.7. The summed E-state index contributed by atoms with van der Waals surface area (Å²) in [5, 5.41) is 8.10. The quantitative estimate of drug-likeness (QED) is 0.156. The molecule has 39 heavy (non-hydrogen) atoms. The van der Waals surface area contributed by atoms with Gasteiger partial charge in [0.15, 0.2) is 0 Å². The predicted octanol–water partition coefficient (Wildman–Crippen LogP) is 5.51. The molecule has 0 saturated heterocycles. The zero-order valence-corrected chi connectivity index (χ0v) is 23.2. The van der Waals surface area contributed by atoms with Crippen LogP contribution in [0, 0.1) is 0 Å². The standard InChI is InChI=1S/C32H20N5PSe/c39-38(23-7-6-16-33-19-23,22-15-14-21-18-34-20-35-27(21)17-22)30-13-5-12-29-31(30)36-32-26-10-2-1-8-24(26)25-9-3-4-11-28(25)37(29)32/h1-20H. The van der Waals surface area contributed by atoms with E-state index in [0.717, 1.165) is 43.8 Å². The van der Waals surface area contributed by atoms with E-state index in [1.54, 1.807) is 6.33 Å². The van der Waals surface area contributed by atoms with Crippen LogP contribution < -0.4 is 15.9 Å². The van der Waals surface area contributed by atoms with Gasteiger partial charge < -0.3 is 0 Å². The van der Waals surface area contributed by atoms with Crippen molar-refractivity contribution in [3.05, 3.63) is 122 Å². The van der Waals surface area contributed by atoms with Crippen LogP contribution in [0.1, 0.15) is 0 Å². The monoisotopic (exact) mass is 585 g/mol. The molecular weight excluding hydrogens is 564 g/mol. The molecule has 184 valence electrons. The summed E-state index contributed by atoms with van der Waals surface area (Å²) in [6.45, 7) is 0. The first-order chi connectivity index (χ1) is 19.2. The second-order valence-corrected chi connectivity index (χ2v) is 15.7. The molecular formula is C32H20N5PSe. The maximum absolute atomic E-state index is 5.40. The Morgan fingerprint density at radius 3 is 2.36 bits per heavy atom. The SMILES string of the molecule is [Se]=P(c1cccnc1)(c1ccc2cncnc2c1)c1cccc2c1nc1c3ccccc3c3ccccc3n21. The van der Waals surface area contributed by atoms with Gasteiger partial charge in [-0.1, -0.05) is 0 Å². The van der Waals surface area contributed by atoms with Crippen molar-refractivity contribution in [1.82, 2.24) is 24.3 Å². The molecule has 0 bridgehead atoms. The average molecular weight is 584 g/mol. The zero-order chi connectivity index (χ0) is 26.0. The number of imidazole rings is 1. The normalized spacial score (nSPS) is 13.4. The van der Waals surface area contributed by atoms with Gasteiger partial charge in [0.2, 0.25) is 0 Å². The van der Waals surface area contributed by atoms with Gasteiger partial charge in [-0.15, -0.1) is 0 Å². The van der Waals surface area contributed by atoms with Gasteiger partial charge >= 0.3 is 232 Å². The van der Waals surface area contributed by atoms with E-state index in [4.69, 9.17) is 4.98 Å². The Morgan fingerprint density at radius 2 is 1.49 bits per heavy atom. The molecule has 1 atom stereocenters. The average Bonchev–Trinajstić information content (AvgIpc) is 3.41. The molecule has 4 aromatic heterocycles. The molecule has 1 unspecified atom stereocenters. The molecule has 4 heterocycles. The number of rotatable bonds is 3. The fourth-order valence-corrected chi connectivity index (χ4v) is 10.7. The van der Waals surface area contributed by atoms with Crippen molar-refractivity contribution in [3.8, 4) is 0 Å². The Morgan fingerprint density at radius 1 is 0.667 bits per heavy atom. The van der Waals surface area contributed by atoms with Crippen molar-refractivity contribution >= 4 is 85.8 Å². The molecule has 0 aliphatic heterocycles. The van der Waals surface area contributed by atoms with Gasteiger partial charge in [0.25, 0.3) is 0 Å². The van der Waals surface area contributed by atoms with E-state index in [1.807, 2.05) is 24.7 Å². The van der Waals surface area contributed by atoms with E-state index in [2.05, 4.69) is 125 Å². The molecule has 0 radical (unpaired) electrons. The summed E-state index contributed by atoms with van der Waals surface area (Å²) in [6.07, 6.45) is 7.27. The summed E-state index contributed by atoms with van der Waals surface area (Å²) in [7, 11) is 0. The Labute approximate surface area is 231 Å². The summed E-state index contributed by atoms with van der Waals surface area (Å²) in [6, 6.07) is 34.4. The second kappa shape index (κ2) is 8.65. The van der Waals surface area contributed by atoms with Gasteiger partial charge in [-0.3, -0.25) is 0 Å². The Bertz CT molecular complexity index is 2280. The maximum atomic E-state index is 5.40. The molecule has 8 rings (SSSR count). The van der Waals surface area contributed by atoms with Gasteiger partial charge in [0.05, 0.1) is 0 Å². The van der Waals surface area contributed by atoms with Crippen molar-refractivity contribution in [2.24, 2.45) is 0 Å². The van der Waals surface area contributed by atoms with Gasteiger partial charge in [0, 0.05) is 0 Å². The zero-order valence-electron chi connectivity index (χ0n) is 20.6. The molecule has 0 amide bonds. The van der Waals surface area contributed by atoms with Crippen LogP contribution >= 0.6 is 5.51 Å².